The molecule has 0 spiro atoms. The highest BCUT2D eigenvalue weighted by Crippen LogP contribution is 2.22. The summed E-state index contributed by atoms with van der Waals surface area (Å²) in [7, 11) is 0. The SMILES string of the molecule is CCC(C)C(NC(=O)CC(C)c1ccccc1F)C(=O)O. The fourth-order valence-electron chi connectivity index (χ4n) is 2.18. The van der Waals surface area contributed by atoms with Crippen LogP contribution in [-0.4, -0.2) is 23.0 Å². The van der Waals surface area contributed by atoms with Gasteiger partial charge in [-0.15, -0.1) is 0 Å². The summed E-state index contributed by atoms with van der Waals surface area (Å²) < 4.78 is 13.6. The van der Waals surface area contributed by atoms with Crippen molar-refractivity contribution in [1.82, 2.24) is 5.32 Å². The Balaban J connectivity index is 2.68. The number of carboxylic acids is 1. The van der Waals surface area contributed by atoms with E-state index in [2.05, 4.69) is 5.32 Å². The quantitative estimate of drug-likeness (QED) is 0.812. The Morgan fingerprint density at radius 3 is 2.43 bits per heavy atom. The Labute approximate surface area is 124 Å². The summed E-state index contributed by atoms with van der Waals surface area (Å²) in [4.78, 5) is 23.1. The molecule has 116 valence electrons. The Kier molecular flexibility index (Phi) is 6.34. The van der Waals surface area contributed by atoms with Crippen LogP contribution in [0.4, 0.5) is 4.39 Å². The monoisotopic (exact) mass is 295 g/mol. The summed E-state index contributed by atoms with van der Waals surface area (Å²) >= 11 is 0. The lowest BCUT2D eigenvalue weighted by Crippen LogP contribution is -2.45. The number of benzene rings is 1. The summed E-state index contributed by atoms with van der Waals surface area (Å²) in [5.41, 5.74) is 0.461. The highest BCUT2D eigenvalue weighted by atomic mass is 19.1. The van der Waals surface area contributed by atoms with Crippen molar-refractivity contribution in [2.75, 3.05) is 0 Å². The maximum Gasteiger partial charge on any atom is 0.326 e. The van der Waals surface area contributed by atoms with Gasteiger partial charge in [0.1, 0.15) is 11.9 Å². The maximum absolute atomic E-state index is 13.6. The van der Waals surface area contributed by atoms with Crippen molar-refractivity contribution in [2.45, 2.75) is 45.6 Å². The highest BCUT2D eigenvalue weighted by Gasteiger charge is 2.26. The molecule has 0 bridgehead atoms. The Morgan fingerprint density at radius 1 is 1.29 bits per heavy atom. The molecule has 0 heterocycles. The molecule has 4 nitrogen and oxygen atoms in total. The molecule has 0 saturated carbocycles. The van der Waals surface area contributed by atoms with Crippen LogP contribution in [-0.2, 0) is 9.59 Å². The van der Waals surface area contributed by atoms with Gasteiger partial charge in [0.25, 0.3) is 0 Å². The van der Waals surface area contributed by atoms with Gasteiger partial charge in [-0.05, 0) is 23.5 Å². The first-order valence-electron chi connectivity index (χ1n) is 7.13. The van der Waals surface area contributed by atoms with E-state index in [4.69, 9.17) is 5.11 Å². The topological polar surface area (TPSA) is 66.4 Å². The van der Waals surface area contributed by atoms with Crippen LogP contribution in [0.3, 0.4) is 0 Å². The third-order valence-corrected chi connectivity index (χ3v) is 3.72. The van der Waals surface area contributed by atoms with E-state index in [0.29, 0.717) is 12.0 Å². The zero-order valence-corrected chi connectivity index (χ0v) is 12.6. The summed E-state index contributed by atoms with van der Waals surface area (Å²) in [6, 6.07) is 5.39. The molecule has 0 aliphatic heterocycles. The average molecular weight is 295 g/mol. The molecule has 0 aliphatic rings. The number of carbonyl (C=O) groups is 2. The van der Waals surface area contributed by atoms with Gasteiger partial charge in [-0.25, -0.2) is 9.18 Å². The minimum absolute atomic E-state index is 0.0567. The molecule has 5 heteroatoms. The molecule has 2 N–H and O–H groups in total. The number of carboxylic acid groups (broad SMARTS) is 1. The largest absolute Gasteiger partial charge is 0.480 e. The second-order valence-corrected chi connectivity index (χ2v) is 5.40. The standard InChI is InChI=1S/C16H22FNO3/c1-4-10(2)15(16(20)21)18-14(19)9-11(3)12-7-5-6-8-13(12)17/h5-8,10-11,15H,4,9H2,1-3H3,(H,18,19)(H,20,21). The lowest BCUT2D eigenvalue weighted by molar-refractivity contribution is -0.143. The van der Waals surface area contributed by atoms with E-state index >= 15 is 0 Å². The second kappa shape index (κ2) is 7.76. The van der Waals surface area contributed by atoms with Crippen molar-refractivity contribution in [3.63, 3.8) is 0 Å². The molecule has 0 saturated heterocycles. The normalized spacial score (nSPS) is 15.0. The first kappa shape index (κ1) is 17.1. The number of amides is 1. The molecule has 1 rings (SSSR count). The van der Waals surface area contributed by atoms with Gasteiger partial charge < -0.3 is 10.4 Å². The summed E-state index contributed by atoms with van der Waals surface area (Å²) in [5.74, 6) is -2.24. The molecule has 3 atom stereocenters. The summed E-state index contributed by atoms with van der Waals surface area (Å²) in [6.45, 7) is 5.39. The Hall–Kier alpha value is -1.91. The van der Waals surface area contributed by atoms with Gasteiger partial charge in [-0.1, -0.05) is 45.4 Å². The van der Waals surface area contributed by atoms with Gasteiger partial charge >= 0.3 is 5.97 Å². The molecular weight excluding hydrogens is 273 g/mol. The fourth-order valence-corrected chi connectivity index (χ4v) is 2.18. The number of aliphatic carboxylic acids is 1. The predicted molar refractivity (Wildman–Crippen MR) is 78.5 cm³/mol. The molecule has 1 aromatic carbocycles. The van der Waals surface area contributed by atoms with E-state index in [-0.39, 0.29) is 30.0 Å². The molecule has 0 fully saturated rings. The molecule has 1 amide bonds. The Bertz CT molecular complexity index is 504. The van der Waals surface area contributed by atoms with E-state index in [1.54, 1.807) is 32.0 Å². The molecule has 1 aromatic rings. The molecule has 3 unspecified atom stereocenters. The van der Waals surface area contributed by atoms with Gasteiger partial charge in [0.15, 0.2) is 0 Å². The lowest BCUT2D eigenvalue weighted by Gasteiger charge is -2.21. The smallest absolute Gasteiger partial charge is 0.326 e. The van der Waals surface area contributed by atoms with Crippen LogP contribution in [0.25, 0.3) is 0 Å². The second-order valence-electron chi connectivity index (χ2n) is 5.40. The van der Waals surface area contributed by atoms with Crippen molar-refractivity contribution in [3.05, 3.63) is 35.6 Å². The van der Waals surface area contributed by atoms with Crippen LogP contribution >= 0.6 is 0 Å². The fraction of sp³-hybridized carbons (Fsp3) is 0.500. The van der Waals surface area contributed by atoms with Crippen LogP contribution in [0.1, 0.15) is 45.1 Å². The van der Waals surface area contributed by atoms with E-state index in [9.17, 15) is 14.0 Å². The Morgan fingerprint density at radius 2 is 1.90 bits per heavy atom. The molecular formula is C16H22FNO3. The van der Waals surface area contributed by atoms with Crippen LogP contribution in [0.2, 0.25) is 0 Å². The predicted octanol–water partition coefficient (Wildman–Crippen LogP) is 2.93. The van der Waals surface area contributed by atoms with E-state index in [1.807, 2.05) is 6.92 Å². The van der Waals surface area contributed by atoms with Gasteiger partial charge in [0.2, 0.25) is 5.91 Å². The molecule has 0 radical (unpaired) electrons. The molecule has 0 aromatic heterocycles. The number of halogens is 1. The van der Waals surface area contributed by atoms with Gasteiger partial charge in [-0.2, -0.15) is 0 Å². The molecule has 21 heavy (non-hydrogen) atoms. The van der Waals surface area contributed by atoms with Crippen molar-refractivity contribution < 1.29 is 19.1 Å². The lowest BCUT2D eigenvalue weighted by atomic mass is 9.95. The van der Waals surface area contributed by atoms with E-state index in [1.165, 1.54) is 6.07 Å². The zero-order valence-electron chi connectivity index (χ0n) is 12.6. The minimum Gasteiger partial charge on any atom is -0.480 e. The van der Waals surface area contributed by atoms with E-state index in [0.717, 1.165) is 0 Å². The first-order chi connectivity index (χ1) is 9.86. The van der Waals surface area contributed by atoms with Crippen molar-refractivity contribution >= 4 is 11.9 Å². The van der Waals surface area contributed by atoms with E-state index < -0.39 is 12.0 Å². The first-order valence-corrected chi connectivity index (χ1v) is 7.13. The van der Waals surface area contributed by atoms with Crippen LogP contribution in [0.5, 0.6) is 0 Å². The number of hydrogen-bond acceptors (Lipinski definition) is 2. The van der Waals surface area contributed by atoms with Crippen molar-refractivity contribution in [3.8, 4) is 0 Å². The van der Waals surface area contributed by atoms with Crippen molar-refractivity contribution in [1.29, 1.82) is 0 Å². The van der Waals surface area contributed by atoms with Gasteiger partial charge in [-0.3, -0.25) is 4.79 Å². The third-order valence-electron chi connectivity index (χ3n) is 3.72. The maximum atomic E-state index is 13.6. The van der Waals surface area contributed by atoms with Crippen molar-refractivity contribution in [2.24, 2.45) is 5.92 Å². The zero-order chi connectivity index (χ0) is 16.0. The average Bonchev–Trinajstić information content (AvgIpc) is 2.44. The van der Waals surface area contributed by atoms with Crippen LogP contribution < -0.4 is 5.32 Å². The summed E-state index contributed by atoms with van der Waals surface area (Å²) in [6.07, 6.45) is 0.710. The van der Waals surface area contributed by atoms with Crippen LogP contribution in [0.15, 0.2) is 24.3 Å². The highest BCUT2D eigenvalue weighted by molar-refractivity contribution is 5.84. The van der Waals surface area contributed by atoms with Crippen LogP contribution in [0, 0.1) is 11.7 Å². The molecule has 0 aliphatic carbocycles. The van der Waals surface area contributed by atoms with Gasteiger partial charge in [0.05, 0.1) is 0 Å². The van der Waals surface area contributed by atoms with Gasteiger partial charge in [0, 0.05) is 6.42 Å². The number of carbonyl (C=O) groups excluding carboxylic acids is 1. The third kappa shape index (κ3) is 4.85. The number of nitrogens with one attached hydrogen (secondary N) is 1. The number of hydrogen-bond donors (Lipinski definition) is 2. The number of rotatable bonds is 7. The summed E-state index contributed by atoms with van der Waals surface area (Å²) in [5, 5.41) is 11.7. The minimum atomic E-state index is -1.05.